The maximum absolute atomic E-state index is 12.7. The van der Waals surface area contributed by atoms with Gasteiger partial charge in [0.05, 0.1) is 18.3 Å². The molecule has 1 aromatic rings. The van der Waals surface area contributed by atoms with Gasteiger partial charge in [-0.2, -0.15) is 13.2 Å². The van der Waals surface area contributed by atoms with Crippen molar-refractivity contribution < 1.29 is 31.1 Å². The topological polar surface area (TPSA) is 85.4 Å². The molecule has 1 amide bonds. The summed E-state index contributed by atoms with van der Waals surface area (Å²) in [6.45, 7) is 2.34. The highest BCUT2D eigenvalue weighted by atomic mass is 32.2. The molecule has 2 rings (SSSR count). The lowest BCUT2D eigenvalue weighted by Crippen LogP contribution is -2.33. The average molecular weight is 394 g/mol. The van der Waals surface area contributed by atoms with Crippen molar-refractivity contribution in [2.45, 2.75) is 49.2 Å². The van der Waals surface area contributed by atoms with Crippen LogP contribution < -0.4 is 5.32 Å². The molecule has 1 saturated carbocycles. The smallest absolute Gasteiger partial charge is 0.376 e. The monoisotopic (exact) mass is 394 g/mol. The quantitative estimate of drug-likeness (QED) is 0.750. The molecule has 2 atom stereocenters. The Kier molecular flexibility index (Phi) is 6.62. The highest BCUT2D eigenvalue weighted by molar-refractivity contribution is 7.92. The molecule has 1 aliphatic carbocycles. The molecule has 1 aromatic heterocycles. The molecule has 146 valence electrons. The molecule has 26 heavy (non-hydrogen) atoms. The van der Waals surface area contributed by atoms with Crippen LogP contribution in [0.25, 0.3) is 0 Å². The van der Waals surface area contributed by atoms with E-state index < -0.39 is 31.8 Å². The normalized spacial score (nSPS) is 21.4. The lowest BCUT2D eigenvalue weighted by molar-refractivity contribution is -0.0438. The number of rotatable bonds is 6. The van der Waals surface area contributed by atoms with E-state index in [1.54, 1.807) is 0 Å². The molecule has 1 fully saturated rings. The Bertz CT molecular complexity index is 737. The number of ether oxygens (including phenoxy) is 1. The van der Waals surface area contributed by atoms with Crippen molar-refractivity contribution in [3.05, 3.63) is 23.9 Å². The standard InChI is InChI=1S/C16H21F3N2O4S/c1-11-5-2-3-7-13(11)25-10-9-20-14(22)12-6-4-8-21-15(12)26(23,24)16(17,18)19/h4,6,8,11,13H,2-3,5,7,9-10H2,1H3,(H,20,22). The van der Waals surface area contributed by atoms with Crippen molar-refractivity contribution in [1.29, 1.82) is 0 Å². The first kappa shape index (κ1) is 20.6. The number of hydrogen-bond acceptors (Lipinski definition) is 5. The van der Waals surface area contributed by atoms with Gasteiger partial charge in [0.2, 0.25) is 0 Å². The largest absolute Gasteiger partial charge is 0.503 e. The third-order valence-electron chi connectivity index (χ3n) is 4.33. The van der Waals surface area contributed by atoms with Crippen LogP contribution in [-0.4, -0.2) is 44.1 Å². The second-order valence-electron chi connectivity index (χ2n) is 6.23. The fraction of sp³-hybridized carbons (Fsp3) is 0.625. The van der Waals surface area contributed by atoms with Crippen molar-refractivity contribution in [3.8, 4) is 0 Å². The predicted octanol–water partition coefficient (Wildman–Crippen LogP) is 2.70. The molecule has 10 heteroatoms. The first-order valence-electron chi connectivity index (χ1n) is 8.30. The fourth-order valence-corrected chi connectivity index (χ4v) is 3.76. The number of nitrogens with zero attached hydrogens (tertiary/aromatic N) is 1. The van der Waals surface area contributed by atoms with Crippen molar-refractivity contribution >= 4 is 15.7 Å². The number of amides is 1. The number of nitrogens with one attached hydrogen (secondary N) is 1. The predicted molar refractivity (Wildman–Crippen MR) is 87.2 cm³/mol. The molecule has 6 nitrogen and oxygen atoms in total. The Morgan fingerprint density at radius 2 is 2.04 bits per heavy atom. The fourth-order valence-electron chi connectivity index (χ4n) is 2.89. The summed E-state index contributed by atoms with van der Waals surface area (Å²) in [6.07, 6.45) is 5.24. The van der Waals surface area contributed by atoms with Crippen LogP contribution in [0.2, 0.25) is 0 Å². The summed E-state index contributed by atoms with van der Waals surface area (Å²) in [5.41, 5.74) is -6.17. The van der Waals surface area contributed by atoms with Gasteiger partial charge in [0.15, 0.2) is 5.03 Å². The van der Waals surface area contributed by atoms with Crippen molar-refractivity contribution in [2.24, 2.45) is 5.92 Å². The average Bonchev–Trinajstić information content (AvgIpc) is 2.59. The molecule has 2 unspecified atom stereocenters. The first-order valence-corrected chi connectivity index (χ1v) is 9.79. The number of alkyl halides is 3. The van der Waals surface area contributed by atoms with Crippen LogP contribution in [0.15, 0.2) is 23.4 Å². The molecule has 0 aromatic carbocycles. The number of sulfone groups is 1. The molecule has 1 aliphatic rings. The van der Waals surface area contributed by atoms with Gasteiger partial charge in [-0.1, -0.05) is 19.8 Å². The van der Waals surface area contributed by atoms with E-state index in [0.717, 1.165) is 37.9 Å². The van der Waals surface area contributed by atoms with Crippen LogP contribution in [0, 0.1) is 5.92 Å². The molecule has 0 spiro atoms. The Hall–Kier alpha value is -1.68. The van der Waals surface area contributed by atoms with Gasteiger partial charge in [0.1, 0.15) is 0 Å². The lowest BCUT2D eigenvalue weighted by Gasteiger charge is -2.28. The Morgan fingerprint density at radius 1 is 1.35 bits per heavy atom. The number of pyridine rings is 1. The van der Waals surface area contributed by atoms with Gasteiger partial charge < -0.3 is 10.1 Å². The molecule has 1 heterocycles. The maximum atomic E-state index is 12.7. The molecular weight excluding hydrogens is 373 g/mol. The molecule has 0 saturated heterocycles. The van der Waals surface area contributed by atoms with Gasteiger partial charge in [-0.15, -0.1) is 0 Å². The van der Waals surface area contributed by atoms with E-state index in [1.807, 2.05) is 0 Å². The van der Waals surface area contributed by atoms with E-state index in [-0.39, 0.29) is 19.3 Å². The summed E-state index contributed by atoms with van der Waals surface area (Å²) in [5, 5.41) is 1.08. The second-order valence-corrected chi connectivity index (χ2v) is 8.09. The van der Waals surface area contributed by atoms with Gasteiger partial charge in [-0.3, -0.25) is 4.79 Å². The van der Waals surface area contributed by atoms with Crippen molar-refractivity contribution in [2.75, 3.05) is 13.2 Å². The third kappa shape index (κ3) is 4.73. The number of carbonyl (C=O) groups is 1. The Balaban J connectivity index is 1.98. The summed E-state index contributed by atoms with van der Waals surface area (Å²) < 4.78 is 67.0. The number of hydrogen-bond donors (Lipinski definition) is 1. The van der Waals surface area contributed by atoms with E-state index >= 15 is 0 Å². The minimum atomic E-state index is -5.71. The molecule has 1 N–H and O–H groups in total. The Labute approximate surface area is 150 Å². The third-order valence-corrected chi connectivity index (χ3v) is 5.77. The van der Waals surface area contributed by atoms with Gasteiger partial charge in [0.25, 0.3) is 15.7 Å². The van der Waals surface area contributed by atoms with Crippen LogP contribution >= 0.6 is 0 Å². The number of halogens is 3. The van der Waals surface area contributed by atoms with Crippen LogP contribution in [0.3, 0.4) is 0 Å². The summed E-state index contributed by atoms with van der Waals surface area (Å²) >= 11 is 0. The van der Waals surface area contributed by atoms with Gasteiger partial charge in [0, 0.05) is 12.7 Å². The SMILES string of the molecule is CC1CCCCC1OCCNC(=O)c1cccnc1S(=O)(=O)C(F)(F)F. The van der Waals surface area contributed by atoms with E-state index in [9.17, 15) is 26.4 Å². The Morgan fingerprint density at radius 3 is 2.69 bits per heavy atom. The van der Waals surface area contributed by atoms with Crippen LogP contribution in [0.1, 0.15) is 43.0 Å². The zero-order valence-electron chi connectivity index (χ0n) is 14.3. The van der Waals surface area contributed by atoms with Gasteiger partial charge >= 0.3 is 5.51 Å². The molecule has 0 radical (unpaired) electrons. The van der Waals surface area contributed by atoms with Crippen molar-refractivity contribution in [3.63, 3.8) is 0 Å². The molecule has 0 bridgehead atoms. The molecule has 0 aliphatic heterocycles. The van der Waals surface area contributed by atoms with E-state index in [1.165, 1.54) is 6.07 Å². The highest BCUT2D eigenvalue weighted by Crippen LogP contribution is 2.30. The highest BCUT2D eigenvalue weighted by Gasteiger charge is 2.49. The zero-order valence-corrected chi connectivity index (χ0v) is 15.1. The summed E-state index contributed by atoms with van der Waals surface area (Å²) in [6, 6.07) is 2.19. The van der Waals surface area contributed by atoms with Gasteiger partial charge in [-0.05, 0) is 30.9 Å². The minimum absolute atomic E-state index is 0.0580. The summed E-state index contributed by atoms with van der Waals surface area (Å²) in [4.78, 5) is 15.4. The van der Waals surface area contributed by atoms with Crippen molar-refractivity contribution in [1.82, 2.24) is 10.3 Å². The first-order chi connectivity index (χ1) is 12.1. The van der Waals surface area contributed by atoms with Crippen LogP contribution in [0.4, 0.5) is 13.2 Å². The minimum Gasteiger partial charge on any atom is -0.376 e. The van der Waals surface area contributed by atoms with Gasteiger partial charge in [-0.25, -0.2) is 13.4 Å². The zero-order chi connectivity index (χ0) is 19.4. The summed E-state index contributed by atoms with van der Waals surface area (Å²) in [7, 11) is -5.71. The number of carbonyl (C=O) groups excluding carboxylic acids is 1. The van der Waals surface area contributed by atoms with E-state index in [2.05, 4.69) is 17.2 Å². The van der Waals surface area contributed by atoms with Crippen LogP contribution in [-0.2, 0) is 14.6 Å². The maximum Gasteiger partial charge on any atom is 0.503 e. The number of aromatic nitrogens is 1. The summed E-state index contributed by atoms with van der Waals surface area (Å²) in [5.74, 6) is -0.525. The lowest BCUT2D eigenvalue weighted by atomic mass is 9.88. The van der Waals surface area contributed by atoms with E-state index in [0.29, 0.717) is 5.92 Å². The second kappa shape index (κ2) is 8.34. The van der Waals surface area contributed by atoms with E-state index in [4.69, 9.17) is 4.74 Å². The van der Waals surface area contributed by atoms with Crippen LogP contribution in [0.5, 0.6) is 0 Å². The molecular formula is C16H21F3N2O4S.